The van der Waals surface area contributed by atoms with Gasteiger partial charge in [0.25, 0.3) is 0 Å². The average molecular weight is 213 g/mol. The van der Waals surface area contributed by atoms with E-state index in [4.69, 9.17) is 10.5 Å². The van der Waals surface area contributed by atoms with Crippen molar-refractivity contribution in [3.63, 3.8) is 0 Å². The first-order chi connectivity index (χ1) is 7.04. The summed E-state index contributed by atoms with van der Waals surface area (Å²) in [6.45, 7) is 9.33. The van der Waals surface area contributed by atoms with Crippen LogP contribution < -0.4 is 5.73 Å². The van der Waals surface area contributed by atoms with Crippen molar-refractivity contribution >= 4 is 0 Å². The summed E-state index contributed by atoms with van der Waals surface area (Å²) in [5, 5.41) is 0. The maximum atomic E-state index is 5.95. The second-order valence-electron chi connectivity index (χ2n) is 5.82. The average Bonchev–Trinajstić information content (AvgIpc) is 2.22. The molecule has 0 saturated heterocycles. The van der Waals surface area contributed by atoms with Gasteiger partial charge in [0.2, 0.25) is 0 Å². The van der Waals surface area contributed by atoms with Gasteiger partial charge in [0.1, 0.15) is 0 Å². The van der Waals surface area contributed by atoms with Crippen LogP contribution in [0.1, 0.15) is 52.9 Å². The largest absolute Gasteiger partial charge is 0.382 e. The van der Waals surface area contributed by atoms with Gasteiger partial charge in [-0.05, 0) is 56.4 Å². The highest BCUT2D eigenvalue weighted by atomic mass is 16.5. The molecule has 1 saturated carbocycles. The molecule has 0 amide bonds. The fraction of sp³-hybridized carbons (Fsp3) is 1.00. The van der Waals surface area contributed by atoms with Crippen LogP contribution in [0.15, 0.2) is 0 Å². The number of nitrogens with two attached hydrogens (primary N) is 1. The predicted octanol–water partition coefficient (Wildman–Crippen LogP) is 2.96. The Kier molecular flexibility index (Phi) is 4.60. The van der Waals surface area contributed by atoms with Crippen molar-refractivity contribution < 1.29 is 4.74 Å². The molecule has 0 aromatic carbocycles. The summed E-state index contributed by atoms with van der Waals surface area (Å²) in [5.41, 5.74) is 6.87. The zero-order valence-corrected chi connectivity index (χ0v) is 10.6. The van der Waals surface area contributed by atoms with E-state index < -0.39 is 0 Å². The van der Waals surface area contributed by atoms with Crippen LogP contribution in [0.5, 0.6) is 0 Å². The smallest absolute Gasteiger partial charge is 0.0471 e. The highest BCUT2D eigenvalue weighted by molar-refractivity contribution is 4.89. The molecule has 1 rings (SSSR count). The van der Waals surface area contributed by atoms with Crippen molar-refractivity contribution in [1.29, 1.82) is 0 Å². The lowest BCUT2D eigenvalue weighted by Crippen LogP contribution is -2.38. The molecule has 15 heavy (non-hydrogen) atoms. The molecule has 0 aromatic rings. The lowest BCUT2D eigenvalue weighted by atomic mass is 9.64. The summed E-state index contributed by atoms with van der Waals surface area (Å²) in [5.74, 6) is 0. The van der Waals surface area contributed by atoms with Gasteiger partial charge in [-0.15, -0.1) is 0 Å². The standard InChI is InChI=1S/C13H27NO/c1-4-15-10-9-13(11-14)7-5-12(2,3)6-8-13/h4-11,14H2,1-3H3. The number of ether oxygens (including phenoxy) is 1. The highest BCUT2D eigenvalue weighted by Gasteiger charge is 2.36. The van der Waals surface area contributed by atoms with Gasteiger partial charge in [-0.2, -0.15) is 0 Å². The van der Waals surface area contributed by atoms with E-state index in [0.29, 0.717) is 10.8 Å². The van der Waals surface area contributed by atoms with Crippen molar-refractivity contribution in [2.75, 3.05) is 19.8 Å². The van der Waals surface area contributed by atoms with Crippen LogP contribution >= 0.6 is 0 Å². The first kappa shape index (κ1) is 13.0. The van der Waals surface area contributed by atoms with Crippen LogP contribution in [0.2, 0.25) is 0 Å². The van der Waals surface area contributed by atoms with Gasteiger partial charge < -0.3 is 10.5 Å². The van der Waals surface area contributed by atoms with Crippen molar-refractivity contribution in [1.82, 2.24) is 0 Å². The Hall–Kier alpha value is -0.0800. The fourth-order valence-electron chi connectivity index (χ4n) is 2.45. The monoisotopic (exact) mass is 213 g/mol. The third-order valence-electron chi connectivity index (χ3n) is 4.08. The molecule has 1 fully saturated rings. The van der Waals surface area contributed by atoms with Crippen LogP contribution in [-0.2, 0) is 4.74 Å². The summed E-state index contributed by atoms with van der Waals surface area (Å²) < 4.78 is 5.46. The second kappa shape index (κ2) is 5.31. The van der Waals surface area contributed by atoms with E-state index >= 15 is 0 Å². The van der Waals surface area contributed by atoms with Gasteiger partial charge >= 0.3 is 0 Å². The minimum absolute atomic E-state index is 0.380. The quantitative estimate of drug-likeness (QED) is 0.713. The molecule has 0 bridgehead atoms. The summed E-state index contributed by atoms with van der Waals surface area (Å²) in [7, 11) is 0. The lowest BCUT2D eigenvalue weighted by molar-refractivity contribution is 0.0545. The zero-order valence-electron chi connectivity index (χ0n) is 10.6. The number of rotatable bonds is 5. The number of hydrogen-bond acceptors (Lipinski definition) is 2. The molecular weight excluding hydrogens is 186 g/mol. The molecule has 2 nitrogen and oxygen atoms in total. The van der Waals surface area contributed by atoms with Crippen LogP contribution in [0.4, 0.5) is 0 Å². The summed E-state index contributed by atoms with van der Waals surface area (Å²) in [6.07, 6.45) is 6.34. The maximum absolute atomic E-state index is 5.95. The molecule has 0 unspecified atom stereocenters. The Balaban J connectivity index is 2.41. The van der Waals surface area contributed by atoms with Gasteiger partial charge in [-0.1, -0.05) is 13.8 Å². The molecule has 0 radical (unpaired) electrons. The molecule has 0 aromatic heterocycles. The van der Waals surface area contributed by atoms with Gasteiger partial charge in [0.15, 0.2) is 0 Å². The molecule has 0 aliphatic heterocycles. The Labute approximate surface area is 94.6 Å². The first-order valence-corrected chi connectivity index (χ1v) is 6.31. The summed E-state index contributed by atoms with van der Waals surface area (Å²) >= 11 is 0. The Morgan fingerprint density at radius 3 is 2.20 bits per heavy atom. The molecule has 0 heterocycles. The van der Waals surface area contributed by atoms with Crippen LogP contribution in [-0.4, -0.2) is 19.8 Å². The normalized spacial score (nSPS) is 24.0. The SMILES string of the molecule is CCOCCC1(CN)CCC(C)(C)CC1. The van der Waals surface area contributed by atoms with Gasteiger partial charge in [-0.25, -0.2) is 0 Å². The Morgan fingerprint density at radius 2 is 1.73 bits per heavy atom. The molecule has 1 aliphatic carbocycles. The van der Waals surface area contributed by atoms with E-state index in [9.17, 15) is 0 Å². The second-order valence-corrected chi connectivity index (χ2v) is 5.82. The van der Waals surface area contributed by atoms with Crippen LogP contribution in [0.25, 0.3) is 0 Å². The van der Waals surface area contributed by atoms with Crippen LogP contribution in [0, 0.1) is 10.8 Å². The van der Waals surface area contributed by atoms with Crippen LogP contribution in [0.3, 0.4) is 0 Å². The van der Waals surface area contributed by atoms with Gasteiger partial charge in [0.05, 0.1) is 0 Å². The highest BCUT2D eigenvalue weighted by Crippen LogP contribution is 2.46. The summed E-state index contributed by atoms with van der Waals surface area (Å²) in [4.78, 5) is 0. The zero-order chi connectivity index (χ0) is 11.4. The Morgan fingerprint density at radius 1 is 1.13 bits per heavy atom. The van der Waals surface area contributed by atoms with E-state index in [1.165, 1.54) is 25.7 Å². The fourth-order valence-corrected chi connectivity index (χ4v) is 2.45. The Bertz CT molecular complexity index is 179. The summed E-state index contributed by atoms with van der Waals surface area (Å²) in [6, 6.07) is 0. The predicted molar refractivity (Wildman–Crippen MR) is 64.8 cm³/mol. The maximum Gasteiger partial charge on any atom is 0.0471 e. The minimum atomic E-state index is 0.380. The molecule has 2 heteroatoms. The van der Waals surface area contributed by atoms with E-state index in [2.05, 4.69) is 20.8 Å². The van der Waals surface area contributed by atoms with Crippen molar-refractivity contribution in [3.05, 3.63) is 0 Å². The minimum Gasteiger partial charge on any atom is -0.382 e. The molecule has 1 aliphatic rings. The molecule has 0 atom stereocenters. The third-order valence-corrected chi connectivity index (χ3v) is 4.08. The van der Waals surface area contributed by atoms with Crippen molar-refractivity contribution in [2.24, 2.45) is 16.6 Å². The van der Waals surface area contributed by atoms with Crippen molar-refractivity contribution in [3.8, 4) is 0 Å². The lowest BCUT2D eigenvalue weighted by Gasteiger charge is -2.43. The molecular formula is C13H27NO. The van der Waals surface area contributed by atoms with E-state index in [1.54, 1.807) is 0 Å². The van der Waals surface area contributed by atoms with E-state index in [-0.39, 0.29) is 0 Å². The molecule has 90 valence electrons. The molecule has 2 N–H and O–H groups in total. The third kappa shape index (κ3) is 3.76. The molecule has 0 spiro atoms. The van der Waals surface area contributed by atoms with Crippen molar-refractivity contribution in [2.45, 2.75) is 52.9 Å². The topological polar surface area (TPSA) is 35.2 Å². The van der Waals surface area contributed by atoms with E-state index in [1.807, 2.05) is 0 Å². The number of hydrogen-bond donors (Lipinski definition) is 1. The van der Waals surface area contributed by atoms with E-state index in [0.717, 1.165) is 26.2 Å². The van der Waals surface area contributed by atoms with Gasteiger partial charge in [0, 0.05) is 13.2 Å². The van der Waals surface area contributed by atoms with Gasteiger partial charge in [-0.3, -0.25) is 0 Å². The first-order valence-electron chi connectivity index (χ1n) is 6.31.